The Bertz CT molecular complexity index is 281. The van der Waals surface area contributed by atoms with Gasteiger partial charge in [0.05, 0.1) is 12.5 Å². The molecule has 14 heavy (non-hydrogen) atoms. The molecule has 0 saturated heterocycles. The molecule has 1 heterocycles. The minimum Gasteiger partial charge on any atom is -0.383 e. The molecule has 0 bridgehead atoms. The maximum absolute atomic E-state index is 5.81. The van der Waals surface area contributed by atoms with Crippen molar-refractivity contribution in [3.8, 4) is 0 Å². The van der Waals surface area contributed by atoms with Gasteiger partial charge in [0.25, 0.3) is 0 Å². The van der Waals surface area contributed by atoms with Gasteiger partial charge >= 0.3 is 0 Å². The van der Waals surface area contributed by atoms with Gasteiger partial charge in [-0.25, -0.2) is 0 Å². The number of halogens is 1. The second-order valence-electron chi connectivity index (χ2n) is 3.05. The van der Waals surface area contributed by atoms with Gasteiger partial charge in [0.2, 0.25) is 0 Å². The van der Waals surface area contributed by atoms with Gasteiger partial charge in [0.1, 0.15) is 0 Å². The van der Waals surface area contributed by atoms with E-state index in [-0.39, 0.29) is 0 Å². The zero-order chi connectivity index (χ0) is 10.4. The summed E-state index contributed by atoms with van der Waals surface area (Å²) < 4.78 is 5.02. The van der Waals surface area contributed by atoms with E-state index in [1.807, 2.05) is 13.1 Å². The Hall–Kier alpha value is -0.800. The highest BCUT2D eigenvalue weighted by molar-refractivity contribution is 6.17. The molecule has 0 N–H and O–H groups in total. The fraction of sp³-hybridized carbons (Fsp3) is 0.500. The smallest absolute Gasteiger partial charge is 0.0637 e. The van der Waals surface area contributed by atoms with Crippen molar-refractivity contribution in [1.29, 1.82) is 0 Å². The predicted octanol–water partition coefficient (Wildman–Crippen LogP) is 1.90. The SMILES string of the molecule is COCCN(C)c1ccncc1CCl. The maximum Gasteiger partial charge on any atom is 0.0637 e. The third kappa shape index (κ3) is 2.86. The largest absolute Gasteiger partial charge is 0.383 e. The van der Waals surface area contributed by atoms with Crippen molar-refractivity contribution in [3.05, 3.63) is 24.0 Å². The normalized spacial score (nSPS) is 10.2. The first-order valence-electron chi connectivity index (χ1n) is 4.48. The first kappa shape index (κ1) is 11.3. The number of nitrogens with zero attached hydrogens (tertiary/aromatic N) is 2. The van der Waals surface area contributed by atoms with Gasteiger partial charge in [0, 0.05) is 44.3 Å². The molecule has 0 saturated carbocycles. The van der Waals surface area contributed by atoms with Crippen LogP contribution in [-0.2, 0) is 10.6 Å². The highest BCUT2D eigenvalue weighted by Crippen LogP contribution is 2.19. The van der Waals surface area contributed by atoms with Gasteiger partial charge in [-0.05, 0) is 6.07 Å². The number of pyridine rings is 1. The molecule has 0 aliphatic carbocycles. The lowest BCUT2D eigenvalue weighted by Gasteiger charge is -2.20. The quantitative estimate of drug-likeness (QED) is 0.701. The summed E-state index contributed by atoms with van der Waals surface area (Å²) in [5.41, 5.74) is 2.17. The fourth-order valence-electron chi connectivity index (χ4n) is 1.24. The molecule has 0 fully saturated rings. The molecule has 0 aliphatic rings. The highest BCUT2D eigenvalue weighted by atomic mass is 35.5. The van der Waals surface area contributed by atoms with Crippen LogP contribution >= 0.6 is 11.6 Å². The van der Waals surface area contributed by atoms with Gasteiger partial charge in [-0.15, -0.1) is 11.6 Å². The number of likely N-dealkylation sites (N-methyl/N-ethyl adjacent to an activating group) is 1. The van der Waals surface area contributed by atoms with Crippen LogP contribution in [0, 0.1) is 0 Å². The summed E-state index contributed by atoms with van der Waals surface area (Å²) in [6.45, 7) is 1.56. The number of methoxy groups -OCH3 is 1. The van der Waals surface area contributed by atoms with Gasteiger partial charge in [-0.1, -0.05) is 0 Å². The van der Waals surface area contributed by atoms with Crippen molar-refractivity contribution in [1.82, 2.24) is 4.98 Å². The Labute approximate surface area is 89.7 Å². The first-order valence-corrected chi connectivity index (χ1v) is 5.02. The lowest BCUT2D eigenvalue weighted by atomic mass is 10.2. The molecule has 0 spiro atoms. The average molecular weight is 215 g/mol. The minimum absolute atomic E-state index is 0.487. The van der Waals surface area contributed by atoms with Crippen LogP contribution < -0.4 is 4.90 Å². The molecule has 1 aromatic rings. The van der Waals surface area contributed by atoms with Gasteiger partial charge < -0.3 is 9.64 Å². The molecular formula is C10H15ClN2O. The van der Waals surface area contributed by atoms with E-state index in [1.165, 1.54) is 0 Å². The van der Waals surface area contributed by atoms with Crippen molar-refractivity contribution < 1.29 is 4.74 Å². The standard InChI is InChI=1S/C10H15ClN2O/c1-13(5-6-14-2)10-3-4-12-8-9(10)7-11/h3-4,8H,5-7H2,1-2H3. The number of hydrogen-bond acceptors (Lipinski definition) is 3. The molecule has 0 unspecified atom stereocenters. The second kappa shape index (κ2) is 5.83. The van der Waals surface area contributed by atoms with E-state index < -0.39 is 0 Å². The van der Waals surface area contributed by atoms with Crippen molar-refractivity contribution in [2.45, 2.75) is 5.88 Å². The van der Waals surface area contributed by atoms with E-state index in [0.29, 0.717) is 12.5 Å². The second-order valence-corrected chi connectivity index (χ2v) is 3.32. The first-order chi connectivity index (χ1) is 6.79. The van der Waals surface area contributed by atoms with Crippen LogP contribution in [0.1, 0.15) is 5.56 Å². The highest BCUT2D eigenvalue weighted by Gasteiger charge is 2.05. The van der Waals surface area contributed by atoms with Crippen LogP contribution in [0.4, 0.5) is 5.69 Å². The summed E-state index contributed by atoms with van der Waals surface area (Å²) >= 11 is 5.81. The lowest BCUT2D eigenvalue weighted by Crippen LogP contribution is -2.23. The zero-order valence-electron chi connectivity index (χ0n) is 8.53. The summed E-state index contributed by atoms with van der Waals surface area (Å²) in [4.78, 5) is 6.15. The molecule has 0 aliphatic heterocycles. The maximum atomic E-state index is 5.81. The van der Waals surface area contributed by atoms with Crippen LogP contribution in [0.25, 0.3) is 0 Å². The Morgan fingerprint density at radius 3 is 3.00 bits per heavy atom. The van der Waals surface area contributed by atoms with Crippen LogP contribution in [-0.4, -0.2) is 32.3 Å². The number of aromatic nitrogens is 1. The van der Waals surface area contributed by atoms with Gasteiger partial charge in [-0.3, -0.25) is 4.98 Å². The molecule has 78 valence electrons. The fourth-order valence-corrected chi connectivity index (χ4v) is 1.45. The van der Waals surface area contributed by atoms with E-state index in [4.69, 9.17) is 16.3 Å². The molecule has 1 rings (SSSR count). The van der Waals surface area contributed by atoms with Crippen LogP contribution in [0.15, 0.2) is 18.5 Å². The number of alkyl halides is 1. The van der Waals surface area contributed by atoms with E-state index in [0.717, 1.165) is 17.8 Å². The summed E-state index contributed by atoms with van der Waals surface area (Å²) in [5.74, 6) is 0.487. The number of ether oxygens (including phenoxy) is 1. The number of rotatable bonds is 5. The minimum atomic E-state index is 0.487. The Kier molecular flexibility index (Phi) is 4.70. The molecule has 1 aromatic heterocycles. The lowest BCUT2D eigenvalue weighted by molar-refractivity contribution is 0.206. The van der Waals surface area contributed by atoms with Crippen molar-refractivity contribution in [2.75, 3.05) is 32.2 Å². The molecule has 0 aromatic carbocycles. The molecule has 4 heteroatoms. The Morgan fingerprint density at radius 2 is 2.36 bits per heavy atom. The molecular weight excluding hydrogens is 200 g/mol. The van der Waals surface area contributed by atoms with Gasteiger partial charge in [-0.2, -0.15) is 0 Å². The van der Waals surface area contributed by atoms with E-state index >= 15 is 0 Å². The Balaban J connectivity index is 2.72. The van der Waals surface area contributed by atoms with Crippen LogP contribution in [0.3, 0.4) is 0 Å². The summed E-state index contributed by atoms with van der Waals surface area (Å²) in [6, 6.07) is 1.97. The molecule has 0 radical (unpaired) electrons. The zero-order valence-corrected chi connectivity index (χ0v) is 9.29. The summed E-state index contributed by atoms with van der Waals surface area (Å²) in [7, 11) is 3.72. The third-order valence-electron chi connectivity index (χ3n) is 2.06. The van der Waals surface area contributed by atoms with Crippen molar-refractivity contribution in [2.24, 2.45) is 0 Å². The van der Waals surface area contributed by atoms with Crippen LogP contribution in [0.5, 0.6) is 0 Å². The molecule has 0 amide bonds. The molecule has 0 atom stereocenters. The molecule has 3 nitrogen and oxygen atoms in total. The number of anilines is 1. The number of hydrogen-bond donors (Lipinski definition) is 0. The van der Waals surface area contributed by atoms with Crippen molar-refractivity contribution >= 4 is 17.3 Å². The van der Waals surface area contributed by atoms with Crippen LogP contribution in [0.2, 0.25) is 0 Å². The van der Waals surface area contributed by atoms with E-state index in [9.17, 15) is 0 Å². The average Bonchev–Trinajstić information content (AvgIpc) is 2.25. The predicted molar refractivity (Wildman–Crippen MR) is 58.9 cm³/mol. The van der Waals surface area contributed by atoms with E-state index in [1.54, 1.807) is 19.5 Å². The topological polar surface area (TPSA) is 25.4 Å². The third-order valence-corrected chi connectivity index (χ3v) is 2.35. The monoisotopic (exact) mass is 214 g/mol. The van der Waals surface area contributed by atoms with Crippen molar-refractivity contribution in [3.63, 3.8) is 0 Å². The summed E-state index contributed by atoms with van der Waals surface area (Å²) in [5, 5.41) is 0. The van der Waals surface area contributed by atoms with E-state index in [2.05, 4.69) is 9.88 Å². The Morgan fingerprint density at radius 1 is 1.57 bits per heavy atom. The van der Waals surface area contributed by atoms with Gasteiger partial charge in [0.15, 0.2) is 0 Å². The summed E-state index contributed by atoms with van der Waals surface area (Å²) in [6.07, 6.45) is 3.57.